The highest BCUT2D eigenvalue weighted by Gasteiger charge is 2.52. The van der Waals surface area contributed by atoms with Crippen LogP contribution in [0.1, 0.15) is 25.7 Å². The average Bonchev–Trinajstić information content (AvgIpc) is 3.28. The van der Waals surface area contributed by atoms with Gasteiger partial charge in [0.25, 0.3) is 5.91 Å². The Morgan fingerprint density at radius 1 is 1.00 bits per heavy atom. The topological polar surface area (TPSA) is 78.9 Å². The molecule has 1 spiro atoms. The fourth-order valence-electron chi connectivity index (χ4n) is 3.99. The summed E-state index contributed by atoms with van der Waals surface area (Å²) < 4.78 is 5.64. The maximum atomic E-state index is 12.6. The van der Waals surface area contributed by atoms with Gasteiger partial charge in [-0.15, -0.1) is 0 Å². The molecular weight excluding hydrogens is 356 g/mol. The fraction of sp³-hybridized carbons (Fsp3) is 0.364. The van der Waals surface area contributed by atoms with E-state index in [0.29, 0.717) is 18.6 Å². The molecule has 0 bridgehead atoms. The number of rotatable bonds is 6. The second-order valence-electron chi connectivity index (χ2n) is 7.49. The minimum Gasteiger partial charge on any atom is -0.491 e. The van der Waals surface area contributed by atoms with Crippen molar-refractivity contribution in [3.63, 3.8) is 0 Å². The highest BCUT2D eigenvalue weighted by Crippen LogP contribution is 2.35. The smallest absolute Gasteiger partial charge is 0.325 e. The van der Waals surface area contributed by atoms with Crippen LogP contribution in [0.4, 0.5) is 4.79 Å². The van der Waals surface area contributed by atoms with Gasteiger partial charge in [-0.05, 0) is 36.1 Å². The molecule has 1 saturated heterocycles. The van der Waals surface area contributed by atoms with E-state index in [9.17, 15) is 14.7 Å². The summed E-state index contributed by atoms with van der Waals surface area (Å²) in [5.41, 5.74) is 1.45. The van der Waals surface area contributed by atoms with Gasteiger partial charge in [0.1, 0.15) is 24.0 Å². The number of hydrogen-bond donors (Lipinski definition) is 2. The quantitative estimate of drug-likeness (QED) is 0.755. The first-order valence-corrected chi connectivity index (χ1v) is 9.68. The molecule has 4 rings (SSSR count). The van der Waals surface area contributed by atoms with Crippen molar-refractivity contribution >= 4 is 11.9 Å². The van der Waals surface area contributed by atoms with Crippen molar-refractivity contribution in [1.29, 1.82) is 0 Å². The minimum absolute atomic E-state index is 0.00867. The maximum Gasteiger partial charge on any atom is 0.325 e. The lowest BCUT2D eigenvalue weighted by atomic mass is 9.98. The Morgan fingerprint density at radius 2 is 1.64 bits per heavy atom. The van der Waals surface area contributed by atoms with Gasteiger partial charge in [0.2, 0.25) is 0 Å². The van der Waals surface area contributed by atoms with E-state index in [0.717, 1.165) is 28.9 Å². The zero-order valence-electron chi connectivity index (χ0n) is 15.6. The first kappa shape index (κ1) is 18.5. The molecule has 1 heterocycles. The van der Waals surface area contributed by atoms with Gasteiger partial charge < -0.3 is 15.2 Å². The predicted molar refractivity (Wildman–Crippen MR) is 105 cm³/mol. The number of nitrogens with zero attached hydrogens (tertiary/aromatic N) is 1. The van der Waals surface area contributed by atoms with Crippen molar-refractivity contribution in [1.82, 2.24) is 10.2 Å². The average molecular weight is 380 g/mol. The van der Waals surface area contributed by atoms with Crippen LogP contribution >= 0.6 is 0 Å². The summed E-state index contributed by atoms with van der Waals surface area (Å²) in [6.45, 7) is -0.0523. The third-order valence-electron chi connectivity index (χ3n) is 5.50. The monoisotopic (exact) mass is 380 g/mol. The van der Waals surface area contributed by atoms with E-state index in [1.165, 1.54) is 0 Å². The predicted octanol–water partition coefficient (Wildman–Crippen LogP) is 2.96. The van der Waals surface area contributed by atoms with Crippen LogP contribution in [0.15, 0.2) is 54.6 Å². The number of urea groups is 1. The van der Waals surface area contributed by atoms with E-state index in [1.807, 2.05) is 54.6 Å². The van der Waals surface area contributed by atoms with Gasteiger partial charge in [0.05, 0.1) is 6.54 Å². The molecule has 3 amide bonds. The molecule has 1 atom stereocenters. The molecule has 6 nitrogen and oxygen atoms in total. The zero-order valence-corrected chi connectivity index (χ0v) is 15.6. The van der Waals surface area contributed by atoms with E-state index in [2.05, 4.69) is 5.32 Å². The molecule has 1 saturated carbocycles. The number of imide groups is 1. The van der Waals surface area contributed by atoms with Gasteiger partial charge in [-0.1, -0.05) is 55.3 Å². The van der Waals surface area contributed by atoms with Crippen LogP contribution in [-0.4, -0.2) is 46.7 Å². The molecule has 1 unspecified atom stereocenters. The number of β-amino-alcohol motifs (C(OH)–C–C–N with tert-alkyl or cyclic N) is 1. The molecule has 1 aliphatic carbocycles. The van der Waals surface area contributed by atoms with Crippen molar-refractivity contribution in [3.8, 4) is 16.9 Å². The van der Waals surface area contributed by atoms with Gasteiger partial charge >= 0.3 is 6.03 Å². The fourth-order valence-corrected chi connectivity index (χ4v) is 3.99. The van der Waals surface area contributed by atoms with E-state index >= 15 is 0 Å². The summed E-state index contributed by atoms with van der Waals surface area (Å²) in [5, 5.41) is 13.1. The van der Waals surface area contributed by atoms with Crippen LogP contribution < -0.4 is 10.1 Å². The van der Waals surface area contributed by atoms with Gasteiger partial charge in [-0.3, -0.25) is 9.69 Å². The number of carbonyl (C=O) groups excluding carboxylic acids is 2. The normalized spacial score (nSPS) is 19.1. The first-order valence-electron chi connectivity index (χ1n) is 9.68. The number of aliphatic hydroxyl groups is 1. The van der Waals surface area contributed by atoms with Crippen LogP contribution in [0.2, 0.25) is 0 Å². The molecule has 2 N–H and O–H groups in total. The van der Waals surface area contributed by atoms with Crippen molar-refractivity contribution in [3.05, 3.63) is 54.6 Å². The molecular formula is C22H24N2O4. The summed E-state index contributed by atoms with van der Waals surface area (Å²) in [4.78, 5) is 25.9. The SMILES string of the molecule is O=C1NC2(CCCC2)C(=O)N1CC(O)COc1ccc(-c2ccccc2)cc1. The lowest BCUT2D eigenvalue weighted by molar-refractivity contribution is -0.132. The molecule has 0 radical (unpaired) electrons. The number of nitrogens with one attached hydrogen (secondary N) is 1. The largest absolute Gasteiger partial charge is 0.491 e. The molecule has 6 heteroatoms. The Labute approximate surface area is 164 Å². The summed E-state index contributed by atoms with van der Waals surface area (Å²) in [7, 11) is 0. The van der Waals surface area contributed by atoms with Crippen LogP contribution in [0.5, 0.6) is 5.75 Å². The number of amides is 3. The molecule has 2 fully saturated rings. The summed E-state index contributed by atoms with van der Waals surface area (Å²) in [6.07, 6.45) is 2.28. The number of benzene rings is 2. The van der Waals surface area contributed by atoms with Crippen LogP contribution in [0.25, 0.3) is 11.1 Å². The molecule has 28 heavy (non-hydrogen) atoms. The van der Waals surface area contributed by atoms with Crippen molar-refractivity contribution in [2.45, 2.75) is 37.3 Å². The lowest BCUT2D eigenvalue weighted by Gasteiger charge is -2.21. The van der Waals surface area contributed by atoms with Crippen LogP contribution in [-0.2, 0) is 4.79 Å². The van der Waals surface area contributed by atoms with Crippen molar-refractivity contribution in [2.75, 3.05) is 13.2 Å². The van der Waals surface area contributed by atoms with E-state index in [-0.39, 0.29) is 19.1 Å². The Bertz CT molecular complexity index is 845. The Balaban J connectivity index is 1.32. The van der Waals surface area contributed by atoms with Gasteiger partial charge in [-0.2, -0.15) is 0 Å². The molecule has 2 aliphatic rings. The maximum absolute atomic E-state index is 12.6. The Hall–Kier alpha value is -2.86. The standard InChI is InChI=1S/C22H24N2O4/c25-18(14-24-20(26)22(23-21(24)27)12-4-5-13-22)15-28-19-10-8-17(9-11-19)16-6-2-1-3-7-16/h1-3,6-11,18,25H,4-5,12-15H2,(H,23,27). The first-order chi connectivity index (χ1) is 13.6. The number of ether oxygens (including phenoxy) is 1. The molecule has 2 aromatic carbocycles. The van der Waals surface area contributed by atoms with E-state index in [1.54, 1.807) is 0 Å². The molecule has 146 valence electrons. The number of carbonyl (C=O) groups is 2. The summed E-state index contributed by atoms with van der Waals surface area (Å²) >= 11 is 0. The van der Waals surface area contributed by atoms with E-state index < -0.39 is 17.7 Å². The third kappa shape index (κ3) is 3.60. The highest BCUT2D eigenvalue weighted by atomic mass is 16.5. The molecule has 2 aromatic rings. The second-order valence-corrected chi connectivity index (χ2v) is 7.49. The number of aliphatic hydroxyl groups excluding tert-OH is 1. The minimum atomic E-state index is -0.944. The second kappa shape index (κ2) is 7.64. The number of hydrogen-bond acceptors (Lipinski definition) is 4. The van der Waals surface area contributed by atoms with Gasteiger partial charge in [0.15, 0.2) is 0 Å². The molecule has 0 aromatic heterocycles. The Morgan fingerprint density at radius 3 is 2.32 bits per heavy atom. The van der Waals surface area contributed by atoms with Gasteiger partial charge in [0, 0.05) is 0 Å². The summed E-state index contributed by atoms with van der Waals surface area (Å²) in [6, 6.07) is 17.2. The van der Waals surface area contributed by atoms with E-state index in [4.69, 9.17) is 4.74 Å². The van der Waals surface area contributed by atoms with Crippen LogP contribution in [0, 0.1) is 0 Å². The van der Waals surface area contributed by atoms with Crippen molar-refractivity contribution in [2.24, 2.45) is 0 Å². The van der Waals surface area contributed by atoms with Gasteiger partial charge in [-0.25, -0.2) is 4.79 Å². The zero-order chi connectivity index (χ0) is 19.6. The third-order valence-corrected chi connectivity index (χ3v) is 5.50. The van der Waals surface area contributed by atoms with Crippen LogP contribution in [0.3, 0.4) is 0 Å². The lowest BCUT2D eigenvalue weighted by Crippen LogP contribution is -2.45. The summed E-state index contributed by atoms with van der Waals surface area (Å²) in [5.74, 6) is 0.407. The molecule has 1 aliphatic heterocycles. The highest BCUT2D eigenvalue weighted by molar-refractivity contribution is 6.07. The Kier molecular flexibility index (Phi) is 5.05. The van der Waals surface area contributed by atoms with Crippen molar-refractivity contribution < 1.29 is 19.4 Å².